The van der Waals surface area contributed by atoms with E-state index in [1.807, 2.05) is 0 Å². The van der Waals surface area contributed by atoms with Crippen LogP contribution < -0.4 is 5.32 Å². The number of carbonyl (C=O) groups excluding carboxylic acids is 1. The van der Waals surface area contributed by atoms with Crippen LogP contribution in [0.15, 0.2) is 18.2 Å². The number of nitrogens with one attached hydrogen (secondary N) is 1. The van der Waals surface area contributed by atoms with Gasteiger partial charge in [-0.15, -0.1) is 0 Å². The Balaban J connectivity index is 1.88. The summed E-state index contributed by atoms with van der Waals surface area (Å²) < 4.78 is 2.05. The molecule has 4 nitrogen and oxygen atoms in total. The summed E-state index contributed by atoms with van der Waals surface area (Å²) in [6.07, 6.45) is 5.84. The SMILES string of the molecule is C[C@@H]1CC(=O)Cc2cccc(-c3nn(C)c4c3CCCC4)c2N1. The van der Waals surface area contributed by atoms with E-state index in [1.54, 1.807) is 0 Å². The Morgan fingerprint density at radius 1 is 1.26 bits per heavy atom. The lowest BCUT2D eigenvalue weighted by Crippen LogP contribution is -2.17. The highest BCUT2D eigenvalue weighted by molar-refractivity contribution is 5.89. The molecule has 2 heterocycles. The van der Waals surface area contributed by atoms with Crippen LogP contribution in [-0.2, 0) is 31.1 Å². The van der Waals surface area contributed by atoms with Crippen molar-refractivity contribution in [3.8, 4) is 11.3 Å². The van der Waals surface area contributed by atoms with Crippen LogP contribution in [0.3, 0.4) is 0 Å². The molecule has 0 radical (unpaired) electrons. The van der Waals surface area contributed by atoms with Crippen molar-refractivity contribution in [3.05, 3.63) is 35.0 Å². The highest BCUT2D eigenvalue weighted by Crippen LogP contribution is 2.38. The molecule has 2 aliphatic rings. The predicted molar refractivity (Wildman–Crippen MR) is 91.7 cm³/mol. The van der Waals surface area contributed by atoms with Gasteiger partial charge in [-0.25, -0.2) is 0 Å². The van der Waals surface area contributed by atoms with Crippen LogP contribution in [0, 0.1) is 0 Å². The molecular weight excluding hydrogens is 286 g/mol. The zero-order valence-corrected chi connectivity index (χ0v) is 13.9. The van der Waals surface area contributed by atoms with Crippen molar-refractivity contribution in [2.75, 3.05) is 5.32 Å². The fraction of sp³-hybridized carbons (Fsp3) is 0.474. The number of Topliss-reactive ketones (excluding diaryl/α,β-unsaturated/α-hetero) is 1. The van der Waals surface area contributed by atoms with Crippen molar-refractivity contribution in [1.29, 1.82) is 0 Å². The molecule has 0 bridgehead atoms. The molecule has 1 N–H and O–H groups in total. The summed E-state index contributed by atoms with van der Waals surface area (Å²) in [4.78, 5) is 12.1. The molecule has 1 aliphatic heterocycles. The molecule has 1 aromatic heterocycles. The number of hydrogen-bond donors (Lipinski definition) is 1. The van der Waals surface area contributed by atoms with E-state index in [2.05, 4.69) is 42.2 Å². The minimum absolute atomic E-state index is 0.171. The maximum absolute atomic E-state index is 12.1. The van der Waals surface area contributed by atoms with Gasteiger partial charge >= 0.3 is 0 Å². The van der Waals surface area contributed by atoms with E-state index in [9.17, 15) is 4.79 Å². The monoisotopic (exact) mass is 309 g/mol. The summed E-state index contributed by atoms with van der Waals surface area (Å²) >= 11 is 0. The third-order valence-corrected chi connectivity index (χ3v) is 5.08. The van der Waals surface area contributed by atoms with Crippen LogP contribution >= 0.6 is 0 Å². The smallest absolute Gasteiger partial charge is 0.139 e. The third kappa shape index (κ3) is 2.46. The van der Waals surface area contributed by atoms with E-state index >= 15 is 0 Å². The minimum atomic E-state index is 0.171. The second-order valence-electron chi connectivity index (χ2n) is 6.91. The quantitative estimate of drug-likeness (QED) is 0.879. The Morgan fingerprint density at radius 3 is 2.96 bits per heavy atom. The molecular formula is C19H23N3O. The number of nitrogens with zero attached hydrogens (tertiary/aromatic N) is 2. The first kappa shape index (κ1) is 14.5. The average Bonchev–Trinajstić information content (AvgIpc) is 2.77. The lowest BCUT2D eigenvalue weighted by molar-refractivity contribution is -0.118. The van der Waals surface area contributed by atoms with Gasteiger partial charge in [0, 0.05) is 48.4 Å². The van der Waals surface area contributed by atoms with Crippen LogP contribution in [0.1, 0.15) is 43.0 Å². The molecule has 0 amide bonds. The number of para-hydroxylation sites is 1. The first-order chi connectivity index (χ1) is 11.1. The number of hydrogen-bond acceptors (Lipinski definition) is 3. The van der Waals surface area contributed by atoms with Crippen LogP contribution in [0.2, 0.25) is 0 Å². The molecule has 1 atom stereocenters. The molecule has 4 rings (SSSR count). The van der Waals surface area contributed by atoms with Gasteiger partial charge in [-0.05, 0) is 38.2 Å². The van der Waals surface area contributed by atoms with Gasteiger partial charge in [-0.3, -0.25) is 9.48 Å². The number of anilines is 1. The van der Waals surface area contributed by atoms with Gasteiger partial charge in [0.1, 0.15) is 5.78 Å². The largest absolute Gasteiger partial charge is 0.381 e. The van der Waals surface area contributed by atoms with E-state index in [1.165, 1.54) is 24.1 Å². The van der Waals surface area contributed by atoms with Gasteiger partial charge in [-0.2, -0.15) is 5.10 Å². The molecule has 0 fully saturated rings. The summed E-state index contributed by atoms with van der Waals surface area (Å²) in [7, 11) is 2.05. The van der Waals surface area contributed by atoms with E-state index in [-0.39, 0.29) is 6.04 Å². The number of aryl methyl sites for hydroxylation is 1. The molecule has 1 aromatic carbocycles. The zero-order valence-electron chi connectivity index (χ0n) is 13.9. The molecule has 4 heteroatoms. The highest BCUT2D eigenvalue weighted by atomic mass is 16.1. The second-order valence-corrected chi connectivity index (χ2v) is 6.91. The molecule has 120 valence electrons. The summed E-state index contributed by atoms with van der Waals surface area (Å²) in [5.41, 5.74) is 7.25. The van der Waals surface area contributed by atoms with Crippen molar-refractivity contribution in [1.82, 2.24) is 9.78 Å². The fourth-order valence-electron chi connectivity index (χ4n) is 4.03. The Hall–Kier alpha value is -2.10. The van der Waals surface area contributed by atoms with E-state index < -0.39 is 0 Å². The number of fused-ring (bicyclic) bond motifs is 2. The van der Waals surface area contributed by atoms with Gasteiger partial charge < -0.3 is 5.32 Å². The maximum atomic E-state index is 12.1. The van der Waals surface area contributed by atoms with Crippen molar-refractivity contribution < 1.29 is 4.79 Å². The molecule has 0 unspecified atom stereocenters. The first-order valence-electron chi connectivity index (χ1n) is 8.58. The van der Waals surface area contributed by atoms with Gasteiger partial charge in [0.25, 0.3) is 0 Å². The number of rotatable bonds is 1. The average molecular weight is 309 g/mol. The molecule has 2 aromatic rings. The molecule has 1 aliphatic carbocycles. The normalized spacial score (nSPS) is 20.4. The first-order valence-corrected chi connectivity index (χ1v) is 8.58. The number of ketones is 1. The Morgan fingerprint density at radius 2 is 2.09 bits per heavy atom. The Bertz CT molecular complexity index is 775. The standard InChI is InChI=1S/C19H23N3O/c1-12-10-14(23)11-13-6-5-8-16(18(13)20-12)19-15-7-3-4-9-17(15)22(2)21-19/h5-6,8,12,20H,3-4,7,9-11H2,1-2H3/t12-/m1/s1. The Labute approximate surface area is 136 Å². The van der Waals surface area contributed by atoms with E-state index in [4.69, 9.17) is 5.10 Å². The topological polar surface area (TPSA) is 46.9 Å². The van der Waals surface area contributed by atoms with Crippen LogP contribution in [0.5, 0.6) is 0 Å². The Kier molecular flexibility index (Phi) is 3.47. The van der Waals surface area contributed by atoms with Crippen LogP contribution in [0.25, 0.3) is 11.3 Å². The number of aromatic nitrogens is 2. The molecule has 0 spiro atoms. The third-order valence-electron chi connectivity index (χ3n) is 5.08. The fourth-order valence-corrected chi connectivity index (χ4v) is 4.03. The van der Waals surface area contributed by atoms with Crippen molar-refractivity contribution in [2.24, 2.45) is 7.05 Å². The van der Waals surface area contributed by atoms with Gasteiger partial charge in [0.2, 0.25) is 0 Å². The van der Waals surface area contributed by atoms with Crippen molar-refractivity contribution in [2.45, 2.75) is 51.5 Å². The zero-order chi connectivity index (χ0) is 16.0. The molecule has 23 heavy (non-hydrogen) atoms. The van der Waals surface area contributed by atoms with Crippen LogP contribution in [-0.4, -0.2) is 21.6 Å². The second kappa shape index (κ2) is 5.52. The lowest BCUT2D eigenvalue weighted by atomic mass is 9.92. The van der Waals surface area contributed by atoms with E-state index in [0.717, 1.165) is 35.3 Å². The van der Waals surface area contributed by atoms with Gasteiger partial charge in [0.05, 0.1) is 5.69 Å². The summed E-state index contributed by atoms with van der Waals surface area (Å²) in [6, 6.07) is 6.44. The summed E-state index contributed by atoms with van der Waals surface area (Å²) in [5, 5.41) is 8.40. The molecule has 0 saturated carbocycles. The summed E-state index contributed by atoms with van der Waals surface area (Å²) in [5.74, 6) is 0.309. The predicted octanol–water partition coefficient (Wildman–Crippen LogP) is 3.28. The van der Waals surface area contributed by atoms with E-state index in [0.29, 0.717) is 18.6 Å². The van der Waals surface area contributed by atoms with Gasteiger partial charge in [0.15, 0.2) is 0 Å². The van der Waals surface area contributed by atoms with Gasteiger partial charge in [-0.1, -0.05) is 18.2 Å². The maximum Gasteiger partial charge on any atom is 0.139 e. The molecule has 0 saturated heterocycles. The lowest BCUT2D eigenvalue weighted by Gasteiger charge is -2.18. The minimum Gasteiger partial charge on any atom is -0.381 e. The summed E-state index contributed by atoms with van der Waals surface area (Å²) in [6.45, 7) is 2.08. The van der Waals surface area contributed by atoms with Crippen molar-refractivity contribution >= 4 is 11.5 Å². The highest BCUT2D eigenvalue weighted by Gasteiger charge is 2.25. The van der Waals surface area contributed by atoms with Crippen molar-refractivity contribution in [3.63, 3.8) is 0 Å². The number of benzene rings is 1. The van der Waals surface area contributed by atoms with Crippen LogP contribution in [0.4, 0.5) is 5.69 Å². The number of carbonyl (C=O) groups is 1.